The normalized spacial score (nSPS) is 17.6. The fourth-order valence-corrected chi connectivity index (χ4v) is 2.78. The van der Waals surface area contributed by atoms with Gasteiger partial charge < -0.3 is 14.4 Å². The Morgan fingerprint density at radius 1 is 1.43 bits per heavy atom. The molecule has 0 radical (unpaired) electrons. The number of benzene rings is 1. The molecule has 0 saturated carbocycles. The summed E-state index contributed by atoms with van der Waals surface area (Å²) in [5.74, 6) is 0.863. The van der Waals surface area contributed by atoms with Crippen LogP contribution in [-0.2, 0) is 11.2 Å². The molecule has 1 amide bonds. The highest BCUT2D eigenvalue weighted by Gasteiger charge is 2.32. The highest BCUT2D eigenvalue weighted by molar-refractivity contribution is 5.69. The number of amides is 1. The molecule has 5 heteroatoms. The van der Waals surface area contributed by atoms with Crippen molar-refractivity contribution in [2.24, 2.45) is 0 Å². The predicted octanol–water partition coefficient (Wildman–Crippen LogP) is 2.31. The lowest BCUT2D eigenvalue weighted by Crippen LogP contribution is -2.44. The molecule has 1 unspecified atom stereocenters. The lowest BCUT2D eigenvalue weighted by molar-refractivity contribution is 0.0795. The number of likely N-dealkylation sites (N-methyl/N-ethyl adjacent to an activating group) is 1. The smallest absolute Gasteiger partial charge is 0.410 e. The Balaban J connectivity index is 2.32. The minimum atomic E-state index is -0.231. The lowest BCUT2D eigenvalue weighted by Gasteiger charge is -2.38. The monoisotopic (exact) mass is 292 g/mol. The van der Waals surface area contributed by atoms with Crippen LogP contribution in [0.3, 0.4) is 0 Å². The highest BCUT2D eigenvalue weighted by Crippen LogP contribution is 2.33. The van der Waals surface area contributed by atoms with E-state index in [9.17, 15) is 4.79 Å². The summed E-state index contributed by atoms with van der Waals surface area (Å²) in [7, 11) is 5.70. The van der Waals surface area contributed by atoms with E-state index in [1.807, 2.05) is 32.0 Å². The molecule has 1 aliphatic heterocycles. The summed E-state index contributed by atoms with van der Waals surface area (Å²) in [6, 6.07) is 6.11. The van der Waals surface area contributed by atoms with Crippen LogP contribution in [0.1, 0.15) is 24.1 Å². The van der Waals surface area contributed by atoms with Crippen LogP contribution in [-0.4, -0.2) is 56.8 Å². The summed E-state index contributed by atoms with van der Waals surface area (Å²) in [4.78, 5) is 16.1. The van der Waals surface area contributed by atoms with Gasteiger partial charge in [-0.25, -0.2) is 4.79 Å². The molecule has 1 heterocycles. The minimum Gasteiger partial charge on any atom is -0.497 e. The summed E-state index contributed by atoms with van der Waals surface area (Å²) in [6.45, 7) is 3.69. The fourth-order valence-electron chi connectivity index (χ4n) is 2.78. The average molecular weight is 292 g/mol. The van der Waals surface area contributed by atoms with Gasteiger partial charge in [0.25, 0.3) is 0 Å². The van der Waals surface area contributed by atoms with Gasteiger partial charge in [0.2, 0.25) is 0 Å². The van der Waals surface area contributed by atoms with Gasteiger partial charge in [0, 0.05) is 13.1 Å². The number of methoxy groups -OCH3 is 1. The van der Waals surface area contributed by atoms with Crippen molar-refractivity contribution in [3.63, 3.8) is 0 Å². The maximum Gasteiger partial charge on any atom is 0.410 e. The van der Waals surface area contributed by atoms with Gasteiger partial charge in [0.15, 0.2) is 0 Å². The summed E-state index contributed by atoms with van der Waals surface area (Å²) >= 11 is 0. The lowest BCUT2D eigenvalue weighted by atomic mass is 9.92. The van der Waals surface area contributed by atoms with Gasteiger partial charge in [-0.05, 0) is 50.7 Å². The molecule has 0 fully saturated rings. The standard InChI is InChI=1S/C16H24N2O3/c1-5-21-16(19)18-9-8-12-10-13(20-4)6-7-14(12)15(18)11-17(2)3/h6-7,10,15H,5,8-9,11H2,1-4H3. The molecule has 1 aromatic rings. The molecule has 0 aromatic heterocycles. The largest absolute Gasteiger partial charge is 0.497 e. The first kappa shape index (κ1) is 15.6. The van der Waals surface area contributed by atoms with Gasteiger partial charge in [-0.2, -0.15) is 0 Å². The Labute approximate surface area is 126 Å². The maximum absolute atomic E-state index is 12.2. The van der Waals surface area contributed by atoms with E-state index in [1.165, 1.54) is 11.1 Å². The minimum absolute atomic E-state index is 0.0220. The molecular formula is C16H24N2O3. The van der Waals surface area contributed by atoms with Gasteiger partial charge in [-0.15, -0.1) is 0 Å². The van der Waals surface area contributed by atoms with E-state index in [0.29, 0.717) is 13.2 Å². The highest BCUT2D eigenvalue weighted by atomic mass is 16.6. The van der Waals surface area contributed by atoms with Crippen LogP contribution in [0.15, 0.2) is 18.2 Å². The van der Waals surface area contributed by atoms with Gasteiger partial charge >= 0.3 is 6.09 Å². The second-order valence-electron chi connectivity index (χ2n) is 5.49. The maximum atomic E-state index is 12.2. The van der Waals surface area contributed by atoms with E-state index in [2.05, 4.69) is 17.0 Å². The van der Waals surface area contributed by atoms with Crippen molar-refractivity contribution in [2.45, 2.75) is 19.4 Å². The first-order chi connectivity index (χ1) is 10.1. The molecule has 21 heavy (non-hydrogen) atoms. The molecule has 1 aromatic carbocycles. The van der Waals surface area contributed by atoms with Gasteiger partial charge in [0.1, 0.15) is 5.75 Å². The Bertz CT molecular complexity index is 502. The number of nitrogens with zero attached hydrogens (tertiary/aromatic N) is 2. The molecule has 1 aliphatic rings. The predicted molar refractivity (Wildman–Crippen MR) is 81.7 cm³/mol. The molecule has 5 nitrogen and oxygen atoms in total. The second kappa shape index (κ2) is 6.80. The zero-order valence-electron chi connectivity index (χ0n) is 13.3. The summed E-state index contributed by atoms with van der Waals surface area (Å²) < 4.78 is 10.5. The first-order valence-electron chi connectivity index (χ1n) is 7.31. The van der Waals surface area contributed by atoms with Gasteiger partial charge in [-0.1, -0.05) is 6.07 Å². The Morgan fingerprint density at radius 3 is 2.81 bits per heavy atom. The number of hydrogen-bond acceptors (Lipinski definition) is 4. The van der Waals surface area contributed by atoms with Crippen LogP contribution in [0.25, 0.3) is 0 Å². The molecule has 116 valence electrons. The third kappa shape index (κ3) is 3.47. The van der Waals surface area contributed by atoms with Crippen molar-refractivity contribution in [3.05, 3.63) is 29.3 Å². The molecule has 0 bridgehead atoms. The number of rotatable bonds is 4. The molecule has 0 aliphatic carbocycles. The van der Waals surface area contributed by atoms with E-state index in [1.54, 1.807) is 7.11 Å². The van der Waals surface area contributed by atoms with Crippen molar-refractivity contribution in [2.75, 3.05) is 40.9 Å². The fraction of sp³-hybridized carbons (Fsp3) is 0.562. The first-order valence-corrected chi connectivity index (χ1v) is 7.31. The van der Waals surface area contributed by atoms with E-state index < -0.39 is 0 Å². The number of hydrogen-bond donors (Lipinski definition) is 0. The molecule has 2 rings (SSSR count). The third-order valence-electron chi connectivity index (χ3n) is 3.75. The quantitative estimate of drug-likeness (QED) is 0.854. The third-order valence-corrected chi connectivity index (χ3v) is 3.75. The van der Waals surface area contributed by atoms with Crippen LogP contribution in [0.4, 0.5) is 4.79 Å². The molecule has 0 saturated heterocycles. The number of carbonyl (C=O) groups excluding carboxylic acids is 1. The van der Waals surface area contributed by atoms with Gasteiger partial charge in [-0.3, -0.25) is 4.90 Å². The van der Waals surface area contributed by atoms with E-state index >= 15 is 0 Å². The van der Waals surface area contributed by atoms with Crippen molar-refractivity contribution in [3.8, 4) is 5.75 Å². The van der Waals surface area contributed by atoms with E-state index in [4.69, 9.17) is 9.47 Å². The van der Waals surface area contributed by atoms with Gasteiger partial charge in [0.05, 0.1) is 19.8 Å². The Kier molecular flexibility index (Phi) is 5.07. The number of fused-ring (bicyclic) bond motifs is 1. The molecule has 1 atom stereocenters. The van der Waals surface area contributed by atoms with Crippen molar-refractivity contribution in [1.82, 2.24) is 9.80 Å². The zero-order valence-corrected chi connectivity index (χ0v) is 13.3. The van der Waals surface area contributed by atoms with Crippen LogP contribution >= 0.6 is 0 Å². The number of ether oxygens (including phenoxy) is 2. The summed E-state index contributed by atoms with van der Waals surface area (Å²) in [6.07, 6.45) is 0.598. The van der Waals surface area contributed by atoms with Crippen LogP contribution < -0.4 is 4.74 Å². The zero-order chi connectivity index (χ0) is 15.4. The van der Waals surface area contributed by atoms with Crippen LogP contribution in [0.2, 0.25) is 0 Å². The summed E-state index contributed by atoms with van der Waals surface area (Å²) in [5.41, 5.74) is 2.44. The van der Waals surface area contributed by atoms with Crippen molar-refractivity contribution in [1.29, 1.82) is 0 Å². The van der Waals surface area contributed by atoms with Crippen molar-refractivity contribution < 1.29 is 14.3 Å². The Morgan fingerprint density at radius 2 is 2.19 bits per heavy atom. The SMILES string of the molecule is CCOC(=O)N1CCc2cc(OC)ccc2C1CN(C)C. The molecular weight excluding hydrogens is 268 g/mol. The topological polar surface area (TPSA) is 42.0 Å². The van der Waals surface area contributed by atoms with E-state index in [-0.39, 0.29) is 12.1 Å². The second-order valence-corrected chi connectivity index (χ2v) is 5.49. The van der Waals surface area contributed by atoms with E-state index in [0.717, 1.165) is 18.7 Å². The molecule has 0 spiro atoms. The average Bonchev–Trinajstić information content (AvgIpc) is 2.46. The van der Waals surface area contributed by atoms with Crippen LogP contribution in [0, 0.1) is 0 Å². The number of carbonyl (C=O) groups is 1. The van der Waals surface area contributed by atoms with Crippen molar-refractivity contribution >= 4 is 6.09 Å². The molecule has 0 N–H and O–H groups in total. The Hall–Kier alpha value is -1.75. The van der Waals surface area contributed by atoms with Crippen LogP contribution in [0.5, 0.6) is 5.75 Å². The summed E-state index contributed by atoms with van der Waals surface area (Å²) in [5, 5.41) is 0.